The second-order valence-electron chi connectivity index (χ2n) is 6.34. The third-order valence-electron chi connectivity index (χ3n) is 4.61. The van der Waals surface area contributed by atoms with Crippen molar-refractivity contribution >= 4 is 10.0 Å². The lowest BCUT2D eigenvalue weighted by molar-refractivity contribution is 0.162. The molecule has 5 nitrogen and oxygen atoms in total. The van der Waals surface area contributed by atoms with Crippen LogP contribution in [0.15, 0.2) is 53.4 Å². The maximum absolute atomic E-state index is 13.0. The molecule has 1 aliphatic heterocycles. The van der Waals surface area contributed by atoms with Gasteiger partial charge in [-0.2, -0.15) is 9.57 Å². The van der Waals surface area contributed by atoms with Crippen LogP contribution in [0.1, 0.15) is 17.2 Å². The number of hydrogen-bond acceptors (Lipinski definition) is 4. The SMILES string of the molecule is Cc1ccc(C(C#N)N2CCN(S(=O)(=O)c3ccc(F)cc3)CC2)cc1. The lowest BCUT2D eigenvalue weighted by Crippen LogP contribution is -2.49. The summed E-state index contributed by atoms with van der Waals surface area (Å²) in [6, 6.07) is 14.6. The highest BCUT2D eigenvalue weighted by Crippen LogP contribution is 2.24. The van der Waals surface area contributed by atoms with Crippen molar-refractivity contribution in [2.24, 2.45) is 0 Å². The van der Waals surface area contributed by atoms with Crippen LogP contribution in [0.2, 0.25) is 0 Å². The summed E-state index contributed by atoms with van der Waals surface area (Å²) >= 11 is 0. The van der Waals surface area contributed by atoms with Crippen molar-refractivity contribution in [3.8, 4) is 6.07 Å². The second-order valence-corrected chi connectivity index (χ2v) is 8.27. The van der Waals surface area contributed by atoms with Gasteiger partial charge in [0.25, 0.3) is 0 Å². The molecular weight excluding hydrogens is 353 g/mol. The van der Waals surface area contributed by atoms with Crippen LogP contribution >= 0.6 is 0 Å². The third-order valence-corrected chi connectivity index (χ3v) is 6.52. The minimum atomic E-state index is -3.65. The average Bonchev–Trinajstić information content (AvgIpc) is 2.65. The Morgan fingerprint density at radius 2 is 1.58 bits per heavy atom. The molecule has 0 aromatic heterocycles. The first kappa shape index (κ1) is 18.5. The molecule has 3 rings (SSSR count). The van der Waals surface area contributed by atoms with E-state index in [-0.39, 0.29) is 4.90 Å². The average molecular weight is 373 g/mol. The van der Waals surface area contributed by atoms with Gasteiger partial charge >= 0.3 is 0 Å². The molecule has 1 unspecified atom stereocenters. The summed E-state index contributed by atoms with van der Waals surface area (Å²) in [6.07, 6.45) is 0. The van der Waals surface area contributed by atoms with Gasteiger partial charge in [0, 0.05) is 26.2 Å². The van der Waals surface area contributed by atoms with Crippen molar-refractivity contribution in [1.29, 1.82) is 5.26 Å². The fourth-order valence-corrected chi connectivity index (χ4v) is 4.50. The summed E-state index contributed by atoms with van der Waals surface area (Å²) in [5.41, 5.74) is 2.04. The van der Waals surface area contributed by atoms with Gasteiger partial charge < -0.3 is 0 Å². The standard InChI is InChI=1S/C19H20FN3O2S/c1-15-2-4-16(5-3-15)19(14-21)22-10-12-23(13-11-22)26(24,25)18-8-6-17(20)7-9-18/h2-9,19H,10-13H2,1H3. The zero-order chi connectivity index (χ0) is 18.7. The van der Waals surface area contributed by atoms with Gasteiger partial charge in [0.2, 0.25) is 10.0 Å². The van der Waals surface area contributed by atoms with Crippen LogP contribution in [0, 0.1) is 24.1 Å². The summed E-state index contributed by atoms with van der Waals surface area (Å²) < 4.78 is 39.8. The van der Waals surface area contributed by atoms with Crippen LogP contribution in [0.4, 0.5) is 4.39 Å². The molecule has 1 atom stereocenters. The number of benzene rings is 2. The molecule has 0 spiro atoms. The molecule has 1 saturated heterocycles. The highest BCUT2D eigenvalue weighted by Gasteiger charge is 2.31. The summed E-state index contributed by atoms with van der Waals surface area (Å²) in [5, 5.41) is 9.57. The largest absolute Gasteiger partial charge is 0.282 e. The first-order valence-electron chi connectivity index (χ1n) is 8.38. The first-order valence-corrected chi connectivity index (χ1v) is 9.82. The number of rotatable bonds is 4. The Labute approximate surface area is 153 Å². The van der Waals surface area contributed by atoms with Gasteiger partial charge in [-0.3, -0.25) is 4.90 Å². The Morgan fingerprint density at radius 3 is 2.12 bits per heavy atom. The fourth-order valence-electron chi connectivity index (χ4n) is 3.07. The minimum absolute atomic E-state index is 0.0858. The van der Waals surface area contributed by atoms with E-state index in [1.807, 2.05) is 36.1 Å². The van der Waals surface area contributed by atoms with E-state index in [9.17, 15) is 18.1 Å². The third kappa shape index (κ3) is 3.78. The minimum Gasteiger partial charge on any atom is -0.282 e. The Hall–Kier alpha value is -2.27. The van der Waals surface area contributed by atoms with Crippen molar-refractivity contribution < 1.29 is 12.8 Å². The van der Waals surface area contributed by atoms with Crippen molar-refractivity contribution in [3.05, 3.63) is 65.5 Å². The molecule has 2 aromatic carbocycles. The second kappa shape index (κ2) is 7.54. The van der Waals surface area contributed by atoms with Crippen LogP contribution in [-0.4, -0.2) is 43.8 Å². The lowest BCUT2D eigenvalue weighted by atomic mass is 10.0. The maximum atomic E-state index is 13.0. The van der Waals surface area contributed by atoms with Crippen LogP contribution in [0.3, 0.4) is 0 Å². The molecule has 0 saturated carbocycles. The summed E-state index contributed by atoms with van der Waals surface area (Å²) in [7, 11) is -3.65. The van der Waals surface area contributed by atoms with Gasteiger partial charge in [0.05, 0.1) is 11.0 Å². The normalized spacial score (nSPS) is 17.6. The van der Waals surface area contributed by atoms with Crippen molar-refractivity contribution in [2.75, 3.05) is 26.2 Å². The zero-order valence-electron chi connectivity index (χ0n) is 14.5. The molecule has 0 radical (unpaired) electrons. The number of aryl methyl sites for hydroxylation is 1. The number of sulfonamides is 1. The van der Waals surface area contributed by atoms with Crippen LogP contribution < -0.4 is 0 Å². The molecule has 0 bridgehead atoms. The van der Waals surface area contributed by atoms with Crippen molar-refractivity contribution in [3.63, 3.8) is 0 Å². The predicted octanol–water partition coefficient (Wildman–Crippen LogP) is 2.71. The van der Waals surface area contributed by atoms with Gasteiger partial charge in [-0.1, -0.05) is 29.8 Å². The van der Waals surface area contributed by atoms with E-state index in [4.69, 9.17) is 0 Å². The van der Waals surface area contributed by atoms with Gasteiger partial charge in [-0.05, 0) is 36.8 Å². The fraction of sp³-hybridized carbons (Fsp3) is 0.316. The summed E-state index contributed by atoms with van der Waals surface area (Å²) in [5.74, 6) is -0.469. The highest BCUT2D eigenvalue weighted by molar-refractivity contribution is 7.89. The predicted molar refractivity (Wildman–Crippen MR) is 96.3 cm³/mol. The molecule has 2 aromatic rings. The monoisotopic (exact) mass is 373 g/mol. The Balaban J connectivity index is 1.71. The van der Waals surface area contributed by atoms with E-state index < -0.39 is 21.9 Å². The molecule has 7 heteroatoms. The van der Waals surface area contributed by atoms with Crippen LogP contribution in [-0.2, 0) is 10.0 Å². The van der Waals surface area contributed by atoms with Gasteiger partial charge in [0.15, 0.2) is 0 Å². The van der Waals surface area contributed by atoms with E-state index >= 15 is 0 Å². The molecular formula is C19H20FN3O2S. The van der Waals surface area contributed by atoms with Gasteiger partial charge in [-0.15, -0.1) is 0 Å². The Morgan fingerprint density at radius 1 is 1.00 bits per heavy atom. The van der Waals surface area contributed by atoms with Crippen LogP contribution in [0.5, 0.6) is 0 Å². The molecule has 1 heterocycles. The van der Waals surface area contributed by atoms with E-state index in [0.717, 1.165) is 23.3 Å². The maximum Gasteiger partial charge on any atom is 0.243 e. The van der Waals surface area contributed by atoms with E-state index in [0.29, 0.717) is 26.2 Å². The molecule has 0 aliphatic carbocycles. The van der Waals surface area contributed by atoms with Crippen LogP contribution in [0.25, 0.3) is 0 Å². The highest BCUT2D eigenvalue weighted by atomic mass is 32.2. The van der Waals surface area contributed by atoms with Crippen molar-refractivity contribution in [1.82, 2.24) is 9.21 Å². The Bertz CT molecular complexity index is 897. The number of nitriles is 1. The van der Waals surface area contributed by atoms with Gasteiger partial charge in [0.1, 0.15) is 11.9 Å². The molecule has 1 fully saturated rings. The van der Waals surface area contributed by atoms with E-state index in [1.165, 1.54) is 16.4 Å². The number of halogens is 1. The number of nitrogens with zero attached hydrogens (tertiary/aromatic N) is 3. The molecule has 26 heavy (non-hydrogen) atoms. The first-order chi connectivity index (χ1) is 12.4. The molecule has 1 aliphatic rings. The lowest BCUT2D eigenvalue weighted by Gasteiger charge is -2.36. The number of hydrogen-bond donors (Lipinski definition) is 0. The van der Waals surface area contributed by atoms with E-state index in [1.54, 1.807) is 0 Å². The number of piperazine rings is 1. The summed E-state index contributed by atoms with van der Waals surface area (Å²) in [4.78, 5) is 2.07. The molecule has 0 N–H and O–H groups in total. The molecule has 136 valence electrons. The van der Waals surface area contributed by atoms with Crippen molar-refractivity contribution in [2.45, 2.75) is 17.9 Å². The summed E-state index contributed by atoms with van der Waals surface area (Å²) in [6.45, 7) is 3.51. The smallest absolute Gasteiger partial charge is 0.243 e. The molecule has 0 amide bonds. The van der Waals surface area contributed by atoms with E-state index in [2.05, 4.69) is 6.07 Å². The topological polar surface area (TPSA) is 64.4 Å². The quantitative estimate of drug-likeness (QED) is 0.827. The van der Waals surface area contributed by atoms with Gasteiger partial charge in [-0.25, -0.2) is 12.8 Å². The zero-order valence-corrected chi connectivity index (χ0v) is 15.3. The Kier molecular flexibility index (Phi) is 5.37.